The van der Waals surface area contributed by atoms with Gasteiger partial charge >= 0.3 is 0 Å². The molecule has 7 heteroatoms. The molecule has 0 spiro atoms. The smallest absolute Gasteiger partial charge is 0.238 e. The highest BCUT2D eigenvalue weighted by molar-refractivity contribution is 6.19. The summed E-state index contributed by atoms with van der Waals surface area (Å²) >= 11 is 0. The van der Waals surface area contributed by atoms with Gasteiger partial charge in [0.05, 0.1) is 33.5 Å². The fraction of sp³-hybridized carbons (Fsp3) is 0. The highest BCUT2D eigenvalue weighted by atomic mass is 15.2. The van der Waals surface area contributed by atoms with Crippen molar-refractivity contribution in [2.45, 2.75) is 0 Å². The predicted molar refractivity (Wildman–Crippen MR) is 251 cm³/mol. The van der Waals surface area contributed by atoms with Crippen molar-refractivity contribution < 1.29 is 0 Å². The van der Waals surface area contributed by atoms with Crippen LogP contribution in [0.1, 0.15) is 0 Å². The Kier molecular flexibility index (Phi) is 8.35. The summed E-state index contributed by atoms with van der Waals surface area (Å²) in [5.41, 5.74) is 11.9. The summed E-state index contributed by atoms with van der Waals surface area (Å²) in [4.78, 5) is 25.6. The van der Waals surface area contributed by atoms with Crippen molar-refractivity contribution in [2.75, 3.05) is 0 Å². The van der Waals surface area contributed by atoms with E-state index in [1.54, 1.807) is 0 Å². The number of nitrogens with zero attached hydrogens (tertiary/aromatic N) is 7. The molecule has 0 aliphatic carbocycles. The fourth-order valence-corrected chi connectivity index (χ4v) is 8.69. The van der Waals surface area contributed by atoms with Gasteiger partial charge in [0.1, 0.15) is 0 Å². The van der Waals surface area contributed by atoms with Gasteiger partial charge in [0, 0.05) is 55.0 Å². The van der Waals surface area contributed by atoms with Gasteiger partial charge in [-0.05, 0) is 42.5 Å². The molecule has 0 bridgehead atoms. The second-order valence-electron chi connectivity index (χ2n) is 15.4. The average Bonchev–Trinajstić information content (AvgIpc) is 3.86. The number of hydrogen-bond donors (Lipinski definition) is 0. The van der Waals surface area contributed by atoms with Crippen molar-refractivity contribution in [3.05, 3.63) is 212 Å². The first-order chi connectivity index (χ1) is 30.7. The van der Waals surface area contributed by atoms with Crippen molar-refractivity contribution in [3.63, 3.8) is 0 Å². The summed E-state index contributed by atoms with van der Waals surface area (Å²) in [5.74, 6) is 2.49. The van der Waals surface area contributed by atoms with E-state index in [0.29, 0.717) is 23.4 Å². The van der Waals surface area contributed by atoms with Gasteiger partial charge in [-0.1, -0.05) is 170 Å². The van der Waals surface area contributed by atoms with Crippen molar-refractivity contribution >= 4 is 43.6 Å². The zero-order chi connectivity index (χ0) is 41.0. The largest absolute Gasteiger partial charge is 0.309 e. The molecular formula is C55H35N7. The third-order valence-electron chi connectivity index (χ3n) is 11.6. The Balaban J connectivity index is 1.08. The van der Waals surface area contributed by atoms with Crippen LogP contribution < -0.4 is 0 Å². The number of rotatable bonds is 7. The van der Waals surface area contributed by atoms with Crippen LogP contribution in [0.25, 0.3) is 112 Å². The maximum atomic E-state index is 5.18. The summed E-state index contributed by atoms with van der Waals surface area (Å²) in [6.07, 6.45) is 0. The van der Waals surface area contributed by atoms with Crippen LogP contribution in [0, 0.1) is 0 Å². The quantitative estimate of drug-likeness (QED) is 0.161. The molecule has 0 atom stereocenters. The summed E-state index contributed by atoms with van der Waals surface area (Å²) in [7, 11) is 0. The topological polar surface area (TPSA) is 74.3 Å². The van der Waals surface area contributed by atoms with E-state index < -0.39 is 0 Å². The fourth-order valence-electron chi connectivity index (χ4n) is 8.69. The lowest BCUT2D eigenvalue weighted by Crippen LogP contribution is -2.06. The van der Waals surface area contributed by atoms with Crippen LogP contribution in [-0.2, 0) is 0 Å². The molecule has 4 heterocycles. The van der Waals surface area contributed by atoms with E-state index >= 15 is 0 Å². The van der Waals surface area contributed by atoms with Crippen molar-refractivity contribution in [1.29, 1.82) is 0 Å². The van der Waals surface area contributed by atoms with Crippen molar-refractivity contribution in [2.24, 2.45) is 0 Å². The van der Waals surface area contributed by atoms with Crippen LogP contribution in [-0.4, -0.2) is 34.1 Å². The summed E-state index contributed by atoms with van der Waals surface area (Å²) in [6, 6.07) is 73.3. The molecule has 0 fully saturated rings. The summed E-state index contributed by atoms with van der Waals surface area (Å²) in [5, 5.41) is 4.49. The maximum Gasteiger partial charge on any atom is 0.238 e. The molecule has 0 aliphatic rings. The zero-order valence-electron chi connectivity index (χ0n) is 33.3. The van der Waals surface area contributed by atoms with E-state index in [0.717, 1.165) is 88.5 Å². The maximum absolute atomic E-state index is 5.18. The molecule has 0 saturated carbocycles. The number of para-hydroxylation sites is 2. The number of benzene rings is 8. The van der Waals surface area contributed by atoms with Gasteiger partial charge in [-0.3, -0.25) is 4.57 Å². The van der Waals surface area contributed by atoms with Gasteiger partial charge in [0.2, 0.25) is 5.95 Å². The molecule has 8 aromatic carbocycles. The molecule has 12 rings (SSSR count). The normalized spacial score (nSPS) is 11.5. The lowest BCUT2D eigenvalue weighted by molar-refractivity contribution is 0.954. The second-order valence-corrected chi connectivity index (χ2v) is 15.4. The Morgan fingerprint density at radius 3 is 1.23 bits per heavy atom. The third kappa shape index (κ3) is 6.02. The van der Waals surface area contributed by atoms with Crippen LogP contribution in [0.3, 0.4) is 0 Å². The molecule has 0 aliphatic heterocycles. The molecule has 0 N–H and O–H groups in total. The van der Waals surface area contributed by atoms with Crippen molar-refractivity contribution in [3.8, 4) is 68.3 Å². The van der Waals surface area contributed by atoms with Crippen LogP contribution in [0.4, 0.5) is 0 Å². The van der Waals surface area contributed by atoms with E-state index in [1.165, 1.54) is 0 Å². The molecule has 0 saturated heterocycles. The number of aromatic nitrogens is 7. The Morgan fingerprint density at radius 1 is 0.258 bits per heavy atom. The lowest BCUT2D eigenvalue weighted by atomic mass is 10.1. The second kappa shape index (κ2) is 14.6. The van der Waals surface area contributed by atoms with Gasteiger partial charge in [0.25, 0.3) is 0 Å². The standard InChI is InChI=1S/C55H35N7/c1-5-18-36(19-6-1)46-35-47(57-52(56-46)37-20-7-2-8-21-37)40-26-17-27-41(32-40)61-48-30-15-13-28-42(48)44-34-51-45(33-50(44)61)43-29-14-16-31-49(43)62(51)55-59-53(38-22-9-3-10-23-38)58-54(60-55)39-24-11-4-12-25-39/h1-35H. The molecule has 4 aromatic heterocycles. The van der Waals surface area contributed by atoms with E-state index in [-0.39, 0.29) is 0 Å². The van der Waals surface area contributed by atoms with Gasteiger partial charge in [-0.2, -0.15) is 9.97 Å². The van der Waals surface area contributed by atoms with E-state index in [9.17, 15) is 0 Å². The Hall–Kier alpha value is -8.55. The van der Waals surface area contributed by atoms with Crippen LogP contribution in [0.2, 0.25) is 0 Å². The SMILES string of the molecule is c1ccc(-c2cc(-c3cccc(-n4c5ccccc5c5cc6c(cc54)c4ccccc4n6-c4nc(-c5ccccc5)nc(-c5ccccc5)n4)c3)nc(-c3ccccc3)n2)cc1. The summed E-state index contributed by atoms with van der Waals surface area (Å²) in [6.45, 7) is 0. The lowest BCUT2D eigenvalue weighted by Gasteiger charge is -2.12. The van der Waals surface area contributed by atoms with Crippen LogP contribution in [0.5, 0.6) is 0 Å². The first-order valence-corrected chi connectivity index (χ1v) is 20.7. The molecule has 0 amide bonds. The minimum absolute atomic E-state index is 0.564. The molecule has 0 radical (unpaired) electrons. The highest BCUT2D eigenvalue weighted by Crippen LogP contribution is 2.40. The van der Waals surface area contributed by atoms with Gasteiger partial charge in [-0.15, -0.1) is 0 Å². The van der Waals surface area contributed by atoms with Gasteiger partial charge in [-0.25, -0.2) is 15.0 Å². The first kappa shape index (κ1) is 35.4. The highest BCUT2D eigenvalue weighted by Gasteiger charge is 2.21. The molecule has 7 nitrogen and oxygen atoms in total. The third-order valence-corrected chi connectivity index (χ3v) is 11.6. The zero-order valence-corrected chi connectivity index (χ0v) is 33.3. The van der Waals surface area contributed by atoms with E-state index in [4.69, 9.17) is 24.9 Å². The monoisotopic (exact) mass is 793 g/mol. The molecule has 62 heavy (non-hydrogen) atoms. The molecular weight excluding hydrogens is 759 g/mol. The average molecular weight is 794 g/mol. The Labute approximate surface area is 356 Å². The predicted octanol–water partition coefficient (Wildman–Crippen LogP) is 13.2. The molecule has 12 aromatic rings. The Morgan fingerprint density at radius 2 is 0.677 bits per heavy atom. The van der Waals surface area contributed by atoms with Crippen LogP contribution >= 0.6 is 0 Å². The van der Waals surface area contributed by atoms with E-state index in [1.807, 2.05) is 97.1 Å². The molecule has 290 valence electrons. The molecule has 0 unspecified atom stereocenters. The Bertz CT molecular complexity index is 3500. The minimum Gasteiger partial charge on any atom is -0.309 e. The van der Waals surface area contributed by atoms with E-state index in [2.05, 4.69) is 124 Å². The van der Waals surface area contributed by atoms with Crippen LogP contribution in [0.15, 0.2) is 212 Å². The minimum atomic E-state index is 0.564. The van der Waals surface area contributed by atoms with Gasteiger partial charge < -0.3 is 4.57 Å². The summed E-state index contributed by atoms with van der Waals surface area (Å²) < 4.78 is 4.57. The van der Waals surface area contributed by atoms with Gasteiger partial charge in [0.15, 0.2) is 17.5 Å². The number of hydrogen-bond acceptors (Lipinski definition) is 5. The number of fused-ring (bicyclic) bond motifs is 6. The van der Waals surface area contributed by atoms with Crippen molar-refractivity contribution in [1.82, 2.24) is 34.1 Å². The first-order valence-electron chi connectivity index (χ1n) is 20.7.